The molecule has 0 bridgehead atoms. The second kappa shape index (κ2) is 6.44. The predicted octanol–water partition coefficient (Wildman–Crippen LogP) is 3.42. The van der Waals surface area contributed by atoms with Crippen molar-refractivity contribution in [3.63, 3.8) is 0 Å². The molecule has 0 heterocycles. The first kappa shape index (κ1) is 14.4. The number of nitrogens with two attached hydrogens (primary N) is 1. The van der Waals surface area contributed by atoms with Crippen LogP contribution in [0.2, 0.25) is 0 Å². The number of rotatable bonds is 5. The van der Waals surface area contributed by atoms with Crippen molar-refractivity contribution in [3.05, 3.63) is 59.2 Å². The molecule has 0 spiro atoms. The smallest absolute Gasteiger partial charge is 0.124 e. The molecule has 1 atom stereocenters. The first-order valence-corrected chi connectivity index (χ1v) is 6.82. The van der Waals surface area contributed by atoms with E-state index in [1.807, 2.05) is 24.3 Å². The first-order chi connectivity index (χ1) is 9.65. The van der Waals surface area contributed by atoms with Gasteiger partial charge in [0.1, 0.15) is 5.75 Å². The van der Waals surface area contributed by atoms with Gasteiger partial charge < -0.3 is 15.8 Å². The maximum absolute atomic E-state index is 5.94. The van der Waals surface area contributed by atoms with Crippen LogP contribution in [-0.2, 0) is 0 Å². The van der Waals surface area contributed by atoms with E-state index >= 15 is 0 Å². The van der Waals surface area contributed by atoms with E-state index in [1.165, 1.54) is 11.1 Å². The van der Waals surface area contributed by atoms with Gasteiger partial charge in [-0.2, -0.15) is 0 Å². The van der Waals surface area contributed by atoms with Gasteiger partial charge in [0.05, 0.1) is 13.2 Å². The minimum Gasteiger partial charge on any atom is -0.496 e. The molecular formula is C17H22N2O. The molecule has 0 radical (unpaired) electrons. The summed E-state index contributed by atoms with van der Waals surface area (Å²) in [5.41, 5.74) is 10.6. The maximum atomic E-state index is 5.94. The second-order valence-corrected chi connectivity index (χ2v) is 4.99. The Kier molecular flexibility index (Phi) is 4.64. The molecule has 20 heavy (non-hydrogen) atoms. The normalized spacial score (nSPS) is 12.0. The fraction of sp³-hybridized carbons (Fsp3) is 0.294. The van der Waals surface area contributed by atoms with Crippen molar-refractivity contribution in [2.45, 2.75) is 19.9 Å². The number of para-hydroxylation sites is 1. The second-order valence-electron chi connectivity index (χ2n) is 4.99. The predicted molar refractivity (Wildman–Crippen MR) is 84.3 cm³/mol. The van der Waals surface area contributed by atoms with E-state index in [0.717, 1.165) is 17.0 Å². The molecule has 0 aliphatic rings. The minimum absolute atomic E-state index is 0.0348. The number of nitrogens with one attached hydrogen (secondary N) is 1. The molecule has 1 unspecified atom stereocenters. The van der Waals surface area contributed by atoms with Crippen molar-refractivity contribution in [1.82, 2.24) is 0 Å². The Morgan fingerprint density at radius 3 is 2.55 bits per heavy atom. The van der Waals surface area contributed by atoms with Crippen LogP contribution in [0.3, 0.4) is 0 Å². The van der Waals surface area contributed by atoms with Gasteiger partial charge >= 0.3 is 0 Å². The van der Waals surface area contributed by atoms with Crippen LogP contribution in [0.25, 0.3) is 0 Å². The maximum Gasteiger partial charge on any atom is 0.124 e. The van der Waals surface area contributed by atoms with E-state index in [-0.39, 0.29) is 6.04 Å². The average molecular weight is 270 g/mol. The van der Waals surface area contributed by atoms with Crippen molar-refractivity contribution < 1.29 is 4.74 Å². The summed E-state index contributed by atoms with van der Waals surface area (Å²) in [6.45, 7) is 4.70. The van der Waals surface area contributed by atoms with Crippen molar-refractivity contribution in [2.24, 2.45) is 5.73 Å². The molecule has 0 fully saturated rings. The summed E-state index contributed by atoms with van der Waals surface area (Å²) >= 11 is 0. The fourth-order valence-electron chi connectivity index (χ4n) is 2.38. The molecule has 2 aromatic rings. The Hall–Kier alpha value is -2.00. The zero-order valence-corrected chi connectivity index (χ0v) is 12.3. The average Bonchev–Trinajstić information content (AvgIpc) is 2.46. The third-order valence-electron chi connectivity index (χ3n) is 3.46. The van der Waals surface area contributed by atoms with E-state index in [4.69, 9.17) is 10.5 Å². The molecule has 3 heteroatoms. The third kappa shape index (κ3) is 3.11. The summed E-state index contributed by atoms with van der Waals surface area (Å²) in [5.74, 6) is 0.861. The lowest BCUT2D eigenvalue weighted by Crippen LogP contribution is -2.21. The molecule has 0 aromatic heterocycles. The molecule has 2 rings (SSSR count). The van der Waals surface area contributed by atoms with Gasteiger partial charge in [-0.05, 0) is 31.5 Å². The quantitative estimate of drug-likeness (QED) is 0.875. The SMILES string of the molecule is COc1ccccc1C(CN)Nc1ccc(C)cc1C. The fourth-order valence-corrected chi connectivity index (χ4v) is 2.38. The molecule has 0 amide bonds. The molecule has 106 valence electrons. The van der Waals surface area contributed by atoms with Crippen LogP contribution in [0.15, 0.2) is 42.5 Å². The summed E-state index contributed by atoms with van der Waals surface area (Å²) in [7, 11) is 1.68. The minimum atomic E-state index is 0.0348. The van der Waals surface area contributed by atoms with Gasteiger partial charge in [0.25, 0.3) is 0 Å². The highest BCUT2D eigenvalue weighted by atomic mass is 16.5. The zero-order valence-electron chi connectivity index (χ0n) is 12.3. The van der Waals surface area contributed by atoms with Crippen LogP contribution in [0.1, 0.15) is 22.7 Å². The van der Waals surface area contributed by atoms with Crippen molar-refractivity contribution in [2.75, 3.05) is 19.0 Å². The standard InChI is InChI=1S/C17H22N2O/c1-12-8-9-15(13(2)10-12)19-16(11-18)14-6-4-5-7-17(14)20-3/h4-10,16,19H,11,18H2,1-3H3. The van der Waals surface area contributed by atoms with Crippen LogP contribution in [0.5, 0.6) is 5.75 Å². The Balaban J connectivity index is 2.29. The summed E-state index contributed by atoms with van der Waals surface area (Å²) in [6, 6.07) is 14.4. The first-order valence-electron chi connectivity index (χ1n) is 6.82. The summed E-state index contributed by atoms with van der Waals surface area (Å²) in [5, 5.41) is 3.51. The molecule has 3 N–H and O–H groups in total. The van der Waals surface area contributed by atoms with Gasteiger partial charge in [-0.15, -0.1) is 0 Å². The Bertz CT molecular complexity index is 581. The largest absolute Gasteiger partial charge is 0.496 e. The number of ether oxygens (including phenoxy) is 1. The van der Waals surface area contributed by atoms with Crippen LogP contribution in [0, 0.1) is 13.8 Å². The highest BCUT2D eigenvalue weighted by Gasteiger charge is 2.14. The zero-order chi connectivity index (χ0) is 14.5. The lowest BCUT2D eigenvalue weighted by Gasteiger charge is -2.22. The number of aryl methyl sites for hydroxylation is 2. The number of methoxy groups -OCH3 is 1. The number of benzene rings is 2. The summed E-state index contributed by atoms with van der Waals surface area (Å²) < 4.78 is 5.42. The van der Waals surface area contributed by atoms with Crippen LogP contribution >= 0.6 is 0 Å². The van der Waals surface area contributed by atoms with E-state index < -0.39 is 0 Å². The highest BCUT2D eigenvalue weighted by Crippen LogP contribution is 2.28. The van der Waals surface area contributed by atoms with Crippen molar-refractivity contribution in [1.29, 1.82) is 0 Å². The molecule has 2 aromatic carbocycles. The van der Waals surface area contributed by atoms with E-state index in [0.29, 0.717) is 6.54 Å². The monoisotopic (exact) mass is 270 g/mol. The Labute approximate surface area is 120 Å². The van der Waals surface area contributed by atoms with E-state index in [1.54, 1.807) is 7.11 Å². The topological polar surface area (TPSA) is 47.3 Å². The molecular weight excluding hydrogens is 248 g/mol. The number of hydrogen-bond donors (Lipinski definition) is 2. The van der Waals surface area contributed by atoms with Gasteiger partial charge in [-0.25, -0.2) is 0 Å². The summed E-state index contributed by atoms with van der Waals surface area (Å²) in [6.07, 6.45) is 0. The van der Waals surface area contributed by atoms with Gasteiger partial charge in [-0.1, -0.05) is 35.9 Å². The molecule has 0 aliphatic carbocycles. The molecule has 0 saturated heterocycles. The Morgan fingerprint density at radius 2 is 1.90 bits per heavy atom. The number of hydrogen-bond acceptors (Lipinski definition) is 3. The van der Waals surface area contributed by atoms with Crippen LogP contribution < -0.4 is 15.8 Å². The molecule has 0 aliphatic heterocycles. The lowest BCUT2D eigenvalue weighted by molar-refractivity contribution is 0.407. The number of anilines is 1. The lowest BCUT2D eigenvalue weighted by atomic mass is 10.0. The van der Waals surface area contributed by atoms with E-state index in [2.05, 4.69) is 37.4 Å². The van der Waals surface area contributed by atoms with Gasteiger partial charge in [0.15, 0.2) is 0 Å². The van der Waals surface area contributed by atoms with E-state index in [9.17, 15) is 0 Å². The van der Waals surface area contributed by atoms with Gasteiger partial charge in [0, 0.05) is 17.8 Å². The summed E-state index contributed by atoms with van der Waals surface area (Å²) in [4.78, 5) is 0. The third-order valence-corrected chi connectivity index (χ3v) is 3.46. The van der Waals surface area contributed by atoms with Gasteiger partial charge in [0.2, 0.25) is 0 Å². The van der Waals surface area contributed by atoms with Crippen molar-refractivity contribution >= 4 is 5.69 Å². The van der Waals surface area contributed by atoms with Crippen molar-refractivity contribution in [3.8, 4) is 5.75 Å². The van der Waals surface area contributed by atoms with Crippen LogP contribution in [0.4, 0.5) is 5.69 Å². The Morgan fingerprint density at radius 1 is 1.15 bits per heavy atom. The highest BCUT2D eigenvalue weighted by molar-refractivity contribution is 5.54. The van der Waals surface area contributed by atoms with Crippen LogP contribution in [-0.4, -0.2) is 13.7 Å². The molecule has 3 nitrogen and oxygen atoms in total. The molecule has 0 saturated carbocycles. The van der Waals surface area contributed by atoms with Gasteiger partial charge in [-0.3, -0.25) is 0 Å².